The second kappa shape index (κ2) is 8.70. The molecule has 0 spiro atoms. The van der Waals surface area contributed by atoms with Gasteiger partial charge < -0.3 is 14.7 Å². The predicted molar refractivity (Wildman–Crippen MR) is 114 cm³/mol. The van der Waals surface area contributed by atoms with Crippen molar-refractivity contribution in [3.63, 3.8) is 0 Å². The molecule has 30 heavy (non-hydrogen) atoms. The highest BCUT2D eigenvalue weighted by molar-refractivity contribution is 7.99. The van der Waals surface area contributed by atoms with Crippen LogP contribution in [-0.4, -0.2) is 81.2 Å². The Hall–Kier alpha value is -3.14. The molecule has 1 fully saturated rings. The SMILES string of the molecule is CN(Cc1ccccc1)C1=NC2C(C(=O)NC(=O)N2C)N1CCSc1ncccn1. The van der Waals surface area contributed by atoms with Crippen molar-refractivity contribution in [3.8, 4) is 0 Å². The quantitative estimate of drug-likeness (QED) is 0.550. The molecule has 0 bridgehead atoms. The first kappa shape index (κ1) is 20.1. The standard InChI is InChI=1S/C20H23N7O2S/c1-25(13-14-7-4-3-5-8-14)19-23-16-15(17(28)24-20(29)26(16)2)27(19)11-12-30-18-21-9-6-10-22-18/h3-10,15-16H,11-13H2,1-2H3,(H,24,28,29). The fourth-order valence-corrected chi connectivity index (χ4v) is 4.33. The zero-order valence-electron chi connectivity index (χ0n) is 16.8. The molecule has 3 amide bonds. The molecule has 0 saturated carbocycles. The summed E-state index contributed by atoms with van der Waals surface area (Å²) in [6.07, 6.45) is 2.87. The maximum absolute atomic E-state index is 12.7. The molecule has 1 aromatic heterocycles. The van der Waals surface area contributed by atoms with Gasteiger partial charge in [-0.2, -0.15) is 0 Å². The number of thioether (sulfide) groups is 1. The molecule has 2 aromatic rings. The maximum Gasteiger partial charge on any atom is 0.325 e. The highest BCUT2D eigenvalue weighted by Gasteiger charge is 2.49. The number of hydrogen-bond acceptors (Lipinski definition) is 8. The van der Waals surface area contributed by atoms with E-state index in [2.05, 4.69) is 15.3 Å². The van der Waals surface area contributed by atoms with Gasteiger partial charge in [0.2, 0.25) is 0 Å². The molecule has 9 nitrogen and oxygen atoms in total. The van der Waals surface area contributed by atoms with Gasteiger partial charge in [0.05, 0.1) is 0 Å². The van der Waals surface area contributed by atoms with E-state index in [9.17, 15) is 9.59 Å². The van der Waals surface area contributed by atoms with Crippen molar-refractivity contribution in [2.75, 3.05) is 26.4 Å². The average molecular weight is 426 g/mol. The van der Waals surface area contributed by atoms with Crippen molar-refractivity contribution in [1.29, 1.82) is 0 Å². The zero-order valence-corrected chi connectivity index (χ0v) is 17.6. The minimum atomic E-state index is -0.557. The fourth-order valence-electron chi connectivity index (χ4n) is 3.59. The number of carbonyl (C=O) groups is 2. The molecule has 3 heterocycles. The summed E-state index contributed by atoms with van der Waals surface area (Å²) in [6, 6.07) is 10.9. The molecular formula is C20H23N7O2S. The fraction of sp³-hybridized carbons (Fsp3) is 0.350. The van der Waals surface area contributed by atoms with E-state index in [1.165, 1.54) is 16.7 Å². The smallest absolute Gasteiger partial charge is 0.325 e. The normalized spacial score (nSPS) is 20.7. The average Bonchev–Trinajstić information content (AvgIpc) is 3.14. The van der Waals surface area contributed by atoms with Crippen molar-refractivity contribution in [3.05, 3.63) is 54.4 Å². The molecule has 156 valence electrons. The number of likely N-dealkylation sites (N-methyl/N-ethyl adjacent to an activating group) is 1. The van der Waals surface area contributed by atoms with Crippen LogP contribution in [0.5, 0.6) is 0 Å². The van der Waals surface area contributed by atoms with E-state index in [4.69, 9.17) is 4.99 Å². The third kappa shape index (κ3) is 4.09. The van der Waals surface area contributed by atoms with Crippen LogP contribution >= 0.6 is 11.8 Å². The van der Waals surface area contributed by atoms with E-state index < -0.39 is 18.2 Å². The van der Waals surface area contributed by atoms with Gasteiger partial charge in [-0.05, 0) is 11.6 Å². The van der Waals surface area contributed by atoms with Crippen molar-refractivity contribution in [2.24, 2.45) is 4.99 Å². The number of nitrogens with zero attached hydrogens (tertiary/aromatic N) is 6. The summed E-state index contributed by atoms with van der Waals surface area (Å²) in [5.74, 6) is 1.05. The second-order valence-electron chi connectivity index (χ2n) is 7.11. The summed E-state index contributed by atoms with van der Waals surface area (Å²) in [5.41, 5.74) is 1.14. The van der Waals surface area contributed by atoms with Gasteiger partial charge in [-0.3, -0.25) is 10.1 Å². The van der Waals surface area contributed by atoms with E-state index in [0.29, 0.717) is 30.0 Å². The lowest BCUT2D eigenvalue weighted by Gasteiger charge is -2.37. The molecule has 0 radical (unpaired) electrons. The van der Waals surface area contributed by atoms with Crippen LogP contribution in [0.2, 0.25) is 0 Å². The van der Waals surface area contributed by atoms with E-state index in [1.807, 2.05) is 47.2 Å². The van der Waals surface area contributed by atoms with E-state index >= 15 is 0 Å². The van der Waals surface area contributed by atoms with E-state index in [1.54, 1.807) is 25.5 Å². The number of guanidine groups is 1. The molecular weight excluding hydrogens is 402 g/mol. The number of amides is 3. The largest absolute Gasteiger partial charge is 0.341 e. The molecule has 1 aromatic carbocycles. The van der Waals surface area contributed by atoms with Crippen LogP contribution in [0.4, 0.5) is 4.79 Å². The Bertz CT molecular complexity index is 941. The molecule has 4 rings (SSSR count). The number of nitrogens with one attached hydrogen (secondary N) is 1. The summed E-state index contributed by atoms with van der Waals surface area (Å²) < 4.78 is 0. The molecule has 2 aliphatic rings. The Kier molecular flexibility index (Phi) is 5.84. The Morgan fingerprint density at radius 2 is 1.87 bits per heavy atom. The van der Waals surface area contributed by atoms with Gasteiger partial charge in [0.15, 0.2) is 23.3 Å². The molecule has 1 saturated heterocycles. The first-order valence-electron chi connectivity index (χ1n) is 9.61. The Labute approximate surface area is 179 Å². The summed E-state index contributed by atoms with van der Waals surface area (Å²) in [6.45, 7) is 1.21. The summed E-state index contributed by atoms with van der Waals surface area (Å²) >= 11 is 1.52. The number of hydrogen-bond donors (Lipinski definition) is 1. The van der Waals surface area contributed by atoms with Crippen LogP contribution < -0.4 is 5.32 Å². The van der Waals surface area contributed by atoms with Crippen LogP contribution in [0.3, 0.4) is 0 Å². The summed E-state index contributed by atoms with van der Waals surface area (Å²) in [4.78, 5) is 43.5. The van der Waals surface area contributed by atoms with E-state index in [-0.39, 0.29) is 5.91 Å². The zero-order chi connectivity index (χ0) is 21.1. The van der Waals surface area contributed by atoms with Gasteiger partial charge in [-0.25, -0.2) is 19.8 Å². The van der Waals surface area contributed by atoms with E-state index in [0.717, 1.165) is 5.56 Å². The van der Waals surface area contributed by atoms with Gasteiger partial charge in [-0.15, -0.1) is 0 Å². The van der Waals surface area contributed by atoms with Crippen molar-refractivity contribution in [1.82, 2.24) is 30.0 Å². The van der Waals surface area contributed by atoms with Gasteiger partial charge in [0.25, 0.3) is 5.91 Å². The van der Waals surface area contributed by atoms with Gasteiger partial charge in [0, 0.05) is 45.3 Å². The van der Waals surface area contributed by atoms with Crippen molar-refractivity contribution < 1.29 is 9.59 Å². The highest BCUT2D eigenvalue weighted by atomic mass is 32.2. The number of imide groups is 1. The number of carbonyl (C=O) groups excluding carboxylic acids is 2. The second-order valence-corrected chi connectivity index (χ2v) is 8.17. The van der Waals surface area contributed by atoms with Crippen LogP contribution in [0, 0.1) is 0 Å². The molecule has 2 aliphatic heterocycles. The number of urea groups is 1. The number of aromatic nitrogens is 2. The molecule has 10 heteroatoms. The maximum atomic E-state index is 12.7. The van der Waals surface area contributed by atoms with Gasteiger partial charge >= 0.3 is 6.03 Å². The Morgan fingerprint density at radius 1 is 1.13 bits per heavy atom. The van der Waals surface area contributed by atoms with Crippen LogP contribution in [0.1, 0.15) is 5.56 Å². The predicted octanol–water partition coefficient (Wildman–Crippen LogP) is 1.25. The Balaban J connectivity index is 1.54. The van der Waals surface area contributed by atoms with Crippen LogP contribution in [0.25, 0.3) is 0 Å². The highest BCUT2D eigenvalue weighted by Crippen LogP contribution is 2.26. The lowest BCUT2D eigenvalue weighted by molar-refractivity contribution is -0.127. The monoisotopic (exact) mass is 425 g/mol. The number of rotatable bonds is 6. The lowest BCUT2D eigenvalue weighted by Crippen LogP contribution is -2.64. The molecule has 2 unspecified atom stereocenters. The Morgan fingerprint density at radius 3 is 2.60 bits per heavy atom. The summed E-state index contributed by atoms with van der Waals surface area (Å²) in [7, 11) is 3.61. The molecule has 1 N–H and O–H groups in total. The van der Waals surface area contributed by atoms with Gasteiger partial charge in [-0.1, -0.05) is 42.1 Å². The first-order valence-corrected chi connectivity index (χ1v) is 10.6. The van der Waals surface area contributed by atoms with Crippen LogP contribution in [-0.2, 0) is 11.3 Å². The van der Waals surface area contributed by atoms with Crippen molar-refractivity contribution >= 4 is 29.7 Å². The minimum Gasteiger partial charge on any atom is -0.341 e. The lowest BCUT2D eigenvalue weighted by atomic mass is 10.1. The third-order valence-corrected chi connectivity index (χ3v) is 5.90. The number of benzene rings is 1. The molecule has 2 atom stereocenters. The number of fused-ring (bicyclic) bond motifs is 1. The van der Waals surface area contributed by atoms with Crippen molar-refractivity contribution in [2.45, 2.75) is 23.9 Å². The molecule has 0 aliphatic carbocycles. The first-order chi connectivity index (χ1) is 14.5. The van der Waals surface area contributed by atoms with Crippen LogP contribution in [0.15, 0.2) is 58.9 Å². The van der Waals surface area contributed by atoms with Gasteiger partial charge in [0.1, 0.15) is 0 Å². The third-order valence-electron chi connectivity index (χ3n) is 5.05. The summed E-state index contributed by atoms with van der Waals surface area (Å²) in [5, 5.41) is 3.12. The number of aliphatic imine (C=N–C) groups is 1. The topological polar surface area (TPSA) is 94.0 Å². The minimum absolute atomic E-state index is 0.323.